The molecule has 0 saturated heterocycles. The molecule has 3 aromatic carbocycles. The Bertz CT molecular complexity index is 1220. The number of sulfonamides is 1. The van der Waals surface area contributed by atoms with Gasteiger partial charge in [0.1, 0.15) is 0 Å². The lowest BCUT2D eigenvalue weighted by Crippen LogP contribution is -2.30. The molecule has 178 valence electrons. The van der Waals surface area contributed by atoms with E-state index in [0.717, 1.165) is 25.9 Å². The van der Waals surface area contributed by atoms with Gasteiger partial charge in [-0.3, -0.25) is 4.79 Å². The first-order valence-corrected chi connectivity index (χ1v) is 13.2. The van der Waals surface area contributed by atoms with Gasteiger partial charge in [-0.25, -0.2) is 13.1 Å². The van der Waals surface area contributed by atoms with Crippen LogP contribution in [-0.2, 0) is 34.2 Å². The van der Waals surface area contributed by atoms with Crippen LogP contribution in [-0.4, -0.2) is 27.4 Å². The van der Waals surface area contributed by atoms with Gasteiger partial charge < -0.3 is 10.2 Å². The first kappa shape index (κ1) is 24.0. The van der Waals surface area contributed by atoms with Crippen molar-refractivity contribution >= 4 is 27.3 Å². The molecule has 6 nitrogen and oxygen atoms in total. The Hall–Kier alpha value is -3.16. The van der Waals surface area contributed by atoms with E-state index in [9.17, 15) is 13.2 Å². The van der Waals surface area contributed by atoms with Crippen molar-refractivity contribution in [1.29, 1.82) is 0 Å². The summed E-state index contributed by atoms with van der Waals surface area (Å²) in [7, 11) is -3.58. The number of anilines is 2. The zero-order chi connectivity index (χ0) is 24.0. The minimum atomic E-state index is -3.58. The number of hydrogen-bond donors (Lipinski definition) is 2. The SMILES string of the molecule is CCC(=O)Nc1ccc(S(=O)(=O)NCCCc2ccc(N3CCc4ccccc4C3)cc2)cc1. The summed E-state index contributed by atoms with van der Waals surface area (Å²) >= 11 is 0. The third-order valence-corrected chi connectivity index (χ3v) is 7.61. The van der Waals surface area contributed by atoms with Crippen molar-refractivity contribution in [3.05, 3.63) is 89.5 Å². The van der Waals surface area contributed by atoms with Gasteiger partial charge in [0, 0.05) is 37.4 Å². The van der Waals surface area contributed by atoms with Gasteiger partial charge in [0.15, 0.2) is 0 Å². The summed E-state index contributed by atoms with van der Waals surface area (Å²) in [5.74, 6) is -0.108. The molecule has 1 aliphatic heterocycles. The summed E-state index contributed by atoms with van der Waals surface area (Å²) < 4.78 is 27.7. The third-order valence-electron chi connectivity index (χ3n) is 6.14. The highest BCUT2D eigenvalue weighted by Crippen LogP contribution is 2.25. The first-order chi connectivity index (χ1) is 16.4. The molecule has 0 fully saturated rings. The number of amides is 1. The number of carbonyl (C=O) groups is 1. The topological polar surface area (TPSA) is 78.5 Å². The summed E-state index contributed by atoms with van der Waals surface area (Å²) in [6.07, 6.45) is 2.94. The van der Waals surface area contributed by atoms with Gasteiger partial charge in [0.25, 0.3) is 0 Å². The standard InChI is InChI=1S/C27H31N3O3S/c1-2-27(31)29-24-11-15-26(16-12-24)34(32,33)28-18-5-6-21-9-13-25(14-10-21)30-19-17-22-7-3-4-8-23(22)20-30/h3-4,7-16,28H,2,5-6,17-20H2,1H3,(H,29,31). The second-order valence-corrected chi connectivity index (χ2v) is 10.3. The van der Waals surface area contributed by atoms with E-state index in [1.54, 1.807) is 19.1 Å². The van der Waals surface area contributed by atoms with Crippen LogP contribution >= 0.6 is 0 Å². The molecule has 4 rings (SSSR count). The van der Waals surface area contributed by atoms with E-state index in [1.165, 1.54) is 34.5 Å². The van der Waals surface area contributed by atoms with Crippen molar-refractivity contribution < 1.29 is 13.2 Å². The molecule has 34 heavy (non-hydrogen) atoms. The monoisotopic (exact) mass is 477 g/mol. The summed E-state index contributed by atoms with van der Waals surface area (Å²) in [5.41, 5.74) is 5.83. The Morgan fingerprint density at radius 1 is 0.941 bits per heavy atom. The maximum atomic E-state index is 12.5. The number of rotatable bonds is 9. The molecule has 0 aromatic heterocycles. The number of hydrogen-bond acceptors (Lipinski definition) is 4. The number of fused-ring (bicyclic) bond motifs is 1. The molecule has 7 heteroatoms. The lowest BCUT2D eigenvalue weighted by Gasteiger charge is -2.30. The maximum absolute atomic E-state index is 12.5. The van der Waals surface area contributed by atoms with Gasteiger partial charge in [0.2, 0.25) is 15.9 Å². The number of carbonyl (C=O) groups excluding carboxylic acids is 1. The molecular weight excluding hydrogens is 446 g/mol. The van der Waals surface area contributed by atoms with Crippen LogP contribution < -0.4 is 14.9 Å². The fraction of sp³-hybridized carbons (Fsp3) is 0.296. The molecule has 1 aliphatic rings. The van der Waals surface area contributed by atoms with Crippen LogP contribution in [0.3, 0.4) is 0 Å². The summed E-state index contributed by atoms with van der Waals surface area (Å²) in [6, 6.07) is 23.4. The normalized spacial score (nSPS) is 13.4. The molecule has 0 unspecified atom stereocenters. The van der Waals surface area contributed by atoms with Crippen molar-refractivity contribution in [1.82, 2.24) is 4.72 Å². The highest BCUT2D eigenvalue weighted by atomic mass is 32.2. The van der Waals surface area contributed by atoms with Gasteiger partial charge in [-0.1, -0.05) is 43.3 Å². The van der Waals surface area contributed by atoms with Crippen molar-refractivity contribution in [2.45, 2.75) is 44.0 Å². The predicted molar refractivity (Wildman–Crippen MR) is 137 cm³/mol. The molecule has 0 saturated carbocycles. The Kier molecular flexibility index (Phi) is 7.65. The van der Waals surface area contributed by atoms with Crippen molar-refractivity contribution in [2.24, 2.45) is 0 Å². The van der Waals surface area contributed by atoms with E-state index >= 15 is 0 Å². The second kappa shape index (κ2) is 10.8. The van der Waals surface area contributed by atoms with Crippen LogP contribution in [0.1, 0.15) is 36.5 Å². The molecule has 0 aliphatic carbocycles. The van der Waals surface area contributed by atoms with Crippen molar-refractivity contribution in [3.63, 3.8) is 0 Å². The van der Waals surface area contributed by atoms with E-state index in [1.807, 2.05) is 0 Å². The number of aryl methyl sites for hydroxylation is 1. The predicted octanol–water partition coefficient (Wildman–Crippen LogP) is 4.51. The lowest BCUT2D eigenvalue weighted by molar-refractivity contribution is -0.115. The second-order valence-electron chi connectivity index (χ2n) is 8.53. The van der Waals surface area contributed by atoms with E-state index < -0.39 is 10.0 Å². The Morgan fingerprint density at radius 2 is 1.65 bits per heavy atom. The summed E-state index contributed by atoms with van der Waals surface area (Å²) in [5, 5.41) is 2.71. The van der Waals surface area contributed by atoms with Gasteiger partial charge in [-0.15, -0.1) is 0 Å². The molecular formula is C27H31N3O3S. The van der Waals surface area contributed by atoms with Crippen molar-refractivity contribution in [2.75, 3.05) is 23.3 Å². The van der Waals surface area contributed by atoms with Crippen LogP contribution in [0, 0.1) is 0 Å². The Morgan fingerprint density at radius 3 is 2.35 bits per heavy atom. The molecule has 2 N–H and O–H groups in total. The third kappa shape index (κ3) is 6.04. The largest absolute Gasteiger partial charge is 0.367 e. The Balaban J connectivity index is 1.25. The highest BCUT2D eigenvalue weighted by Gasteiger charge is 2.16. The highest BCUT2D eigenvalue weighted by molar-refractivity contribution is 7.89. The van der Waals surface area contributed by atoms with Gasteiger partial charge in [0.05, 0.1) is 4.90 Å². The van der Waals surface area contributed by atoms with Gasteiger partial charge >= 0.3 is 0 Å². The van der Waals surface area contributed by atoms with Crippen LogP contribution in [0.25, 0.3) is 0 Å². The minimum absolute atomic E-state index is 0.108. The van der Waals surface area contributed by atoms with Crippen LogP contribution in [0.4, 0.5) is 11.4 Å². The van der Waals surface area contributed by atoms with Gasteiger partial charge in [-0.2, -0.15) is 0 Å². The molecule has 0 spiro atoms. The quantitative estimate of drug-likeness (QED) is 0.445. The van der Waals surface area contributed by atoms with Crippen LogP contribution in [0.2, 0.25) is 0 Å². The zero-order valence-corrected chi connectivity index (χ0v) is 20.3. The fourth-order valence-corrected chi connectivity index (χ4v) is 5.21. The zero-order valence-electron chi connectivity index (χ0n) is 19.5. The first-order valence-electron chi connectivity index (χ1n) is 11.7. The lowest BCUT2D eigenvalue weighted by atomic mass is 9.99. The van der Waals surface area contributed by atoms with E-state index in [2.05, 4.69) is 63.5 Å². The average Bonchev–Trinajstić information content (AvgIpc) is 2.87. The van der Waals surface area contributed by atoms with E-state index in [4.69, 9.17) is 0 Å². The number of nitrogens with one attached hydrogen (secondary N) is 2. The van der Waals surface area contributed by atoms with Gasteiger partial charge in [-0.05, 0) is 72.4 Å². The average molecular weight is 478 g/mol. The van der Waals surface area contributed by atoms with Crippen LogP contribution in [0.15, 0.2) is 77.7 Å². The maximum Gasteiger partial charge on any atom is 0.240 e. The summed E-state index contributed by atoms with van der Waals surface area (Å²) in [4.78, 5) is 14.0. The minimum Gasteiger partial charge on any atom is -0.367 e. The number of nitrogens with zero attached hydrogens (tertiary/aromatic N) is 1. The molecule has 0 atom stereocenters. The van der Waals surface area contributed by atoms with Crippen molar-refractivity contribution in [3.8, 4) is 0 Å². The molecule has 1 amide bonds. The van der Waals surface area contributed by atoms with E-state index in [-0.39, 0.29) is 10.8 Å². The van der Waals surface area contributed by atoms with Crippen LogP contribution in [0.5, 0.6) is 0 Å². The van der Waals surface area contributed by atoms with E-state index in [0.29, 0.717) is 25.1 Å². The molecule has 0 radical (unpaired) electrons. The molecule has 1 heterocycles. The smallest absolute Gasteiger partial charge is 0.240 e. The number of benzene rings is 3. The summed E-state index contributed by atoms with van der Waals surface area (Å²) in [6.45, 7) is 4.08. The Labute approximate surface area is 202 Å². The molecule has 0 bridgehead atoms. The fourth-order valence-electron chi connectivity index (χ4n) is 4.14. The molecule has 3 aromatic rings.